The van der Waals surface area contributed by atoms with Crippen molar-refractivity contribution in [1.29, 1.82) is 0 Å². The largest absolute Gasteiger partial charge is 0.456 e. The van der Waals surface area contributed by atoms with Crippen LogP contribution in [0.1, 0.15) is 0 Å². The SMILES string of the molecule is CNC(=O)Oc1cc2cc(-c3ccc(Oc4ccc(F)cc4)cn3)cc(-c3ccc(F)cc3)c2o1. The summed E-state index contributed by atoms with van der Waals surface area (Å²) in [6.07, 6.45) is 0.904. The number of hydrogen-bond acceptors (Lipinski definition) is 5. The lowest BCUT2D eigenvalue weighted by Gasteiger charge is -2.09. The van der Waals surface area contributed by atoms with Gasteiger partial charge in [0.2, 0.25) is 0 Å². The summed E-state index contributed by atoms with van der Waals surface area (Å²) in [5, 5.41) is 3.04. The third kappa shape index (κ3) is 4.81. The maximum absolute atomic E-state index is 13.5. The number of ether oxygens (including phenoxy) is 2. The van der Waals surface area contributed by atoms with E-state index in [0.717, 1.165) is 11.1 Å². The second-order valence-electron chi connectivity index (χ2n) is 7.59. The number of rotatable bonds is 5. The van der Waals surface area contributed by atoms with E-state index in [4.69, 9.17) is 13.9 Å². The summed E-state index contributed by atoms with van der Waals surface area (Å²) in [5.41, 5.74) is 3.29. The first-order valence-electron chi connectivity index (χ1n) is 10.6. The number of nitrogens with one attached hydrogen (secondary N) is 1. The van der Waals surface area contributed by atoms with Gasteiger partial charge >= 0.3 is 6.09 Å². The second kappa shape index (κ2) is 9.26. The van der Waals surface area contributed by atoms with Crippen LogP contribution in [0.5, 0.6) is 17.4 Å². The Morgan fingerprint density at radius 1 is 0.857 bits per heavy atom. The number of pyridine rings is 1. The van der Waals surface area contributed by atoms with E-state index < -0.39 is 6.09 Å². The van der Waals surface area contributed by atoms with Gasteiger partial charge in [-0.1, -0.05) is 12.1 Å². The van der Waals surface area contributed by atoms with Crippen LogP contribution in [0, 0.1) is 11.6 Å². The number of furan rings is 1. The Morgan fingerprint density at radius 3 is 2.20 bits per heavy atom. The predicted molar refractivity (Wildman–Crippen MR) is 126 cm³/mol. The molecular weight excluding hydrogens is 454 g/mol. The molecule has 0 spiro atoms. The molecule has 0 radical (unpaired) electrons. The molecule has 0 unspecified atom stereocenters. The molecule has 35 heavy (non-hydrogen) atoms. The molecule has 6 nitrogen and oxygen atoms in total. The van der Waals surface area contributed by atoms with Crippen molar-refractivity contribution in [3.05, 3.63) is 96.7 Å². The number of fused-ring (bicyclic) bond motifs is 1. The van der Waals surface area contributed by atoms with E-state index in [1.807, 2.05) is 12.1 Å². The first-order valence-corrected chi connectivity index (χ1v) is 10.6. The molecule has 174 valence electrons. The minimum absolute atomic E-state index is 0.0240. The minimum atomic E-state index is -0.661. The van der Waals surface area contributed by atoms with Crippen molar-refractivity contribution in [3.8, 4) is 39.8 Å². The fourth-order valence-electron chi connectivity index (χ4n) is 3.56. The van der Waals surface area contributed by atoms with Crippen LogP contribution < -0.4 is 14.8 Å². The molecule has 1 N–H and O–H groups in total. The Kier molecular flexibility index (Phi) is 5.85. The normalized spacial score (nSPS) is 10.8. The molecule has 2 aromatic heterocycles. The quantitative estimate of drug-likeness (QED) is 0.300. The van der Waals surface area contributed by atoms with E-state index in [2.05, 4.69) is 10.3 Å². The predicted octanol–water partition coefficient (Wildman–Crippen LogP) is 6.95. The van der Waals surface area contributed by atoms with E-state index >= 15 is 0 Å². The molecule has 0 saturated heterocycles. The Bertz CT molecular complexity index is 1500. The van der Waals surface area contributed by atoms with Gasteiger partial charge < -0.3 is 19.2 Å². The van der Waals surface area contributed by atoms with Crippen molar-refractivity contribution in [2.24, 2.45) is 0 Å². The Morgan fingerprint density at radius 2 is 1.54 bits per heavy atom. The average molecular weight is 472 g/mol. The van der Waals surface area contributed by atoms with Gasteiger partial charge in [0, 0.05) is 29.6 Å². The van der Waals surface area contributed by atoms with Crippen molar-refractivity contribution < 1.29 is 27.5 Å². The molecule has 0 fully saturated rings. The van der Waals surface area contributed by atoms with Gasteiger partial charge in [-0.3, -0.25) is 4.98 Å². The smallest absolute Gasteiger partial charge is 0.414 e. The topological polar surface area (TPSA) is 73.6 Å². The lowest BCUT2D eigenvalue weighted by molar-refractivity contribution is 0.191. The number of amides is 1. The monoisotopic (exact) mass is 472 g/mol. The van der Waals surface area contributed by atoms with Crippen molar-refractivity contribution in [3.63, 3.8) is 0 Å². The zero-order valence-electron chi connectivity index (χ0n) is 18.4. The van der Waals surface area contributed by atoms with Crippen LogP contribution in [0.4, 0.5) is 13.6 Å². The number of carbonyl (C=O) groups is 1. The Labute approximate surface area is 198 Å². The molecule has 5 aromatic rings. The van der Waals surface area contributed by atoms with Gasteiger partial charge in [0.25, 0.3) is 5.95 Å². The summed E-state index contributed by atoms with van der Waals surface area (Å²) in [4.78, 5) is 16.1. The van der Waals surface area contributed by atoms with Crippen LogP contribution in [-0.4, -0.2) is 18.1 Å². The maximum Gasteiger partial charge on any atom is 0.414 e. The summed E-state index contributed by atoms with van der Waals surface area (Å²) in [7, 11) is 1.45. The first-order chi connectivity index (χ1) is 17.0. The van der Waals surface area contributed by atoms with Gasteiger partial charge in [0.05, 0.1) is 11.9 Å². The summed E-state index contributed by atoms with van der Waals surface area (Å²) >= 11 is 0. The highest BCUT2D eigenvalue weighted by Gasteiger charge is 2.16. The van der Waals surface area contributed by atoms with Crippen LogP contribution in [0.2, 0.25) is 0 Å². The highest BCUT2D eigenvalue weighted by atomic mass is 19.1. The fraction of sp³-hybridized carbons (Fsp3) is 0.0370. The van der Waals surface area contributed by atoms with Crippen LogP contribution in [0.25, 0.3) is 33.4 Å². The molecule has 0 aliphatic carbocycles. The number of nitrogens with zero attached hydrogens (tertiary/aromatic N) is 1. The summed E-state index contributed by atoms with van der Waals surface area (Å²) in [6, 6.07) is 20.6. The molecule has 0 saturated carbocycles. The van der Waals surface area contributed by atoms with Gasteiger partial charge in [-0.25, -0.2) is 13.6 Å². The van der Waals surface area contributed by atoms with Crippen molar-refractivity contribution in [2.75, 3.05) is 7.05 Å². The molecule has 3 aromatic carbocycles. The minimum Gasteiger partial charge on any atom is -0.456 e. The lowest BCUT2D eigenvalue weighted by atomic mass is 9.99. The van der Waals surface area contributed by atoms with Crippen molar-refractivity contribution in [2.45, 2.75) is 0 Å². The molecule has 1 amide bonds. The standard InChI is InChI=1S/C27H18F2N2O4/c1-30-27(32)35-25-14-18-12-17(13-23(26(18)34-25)16-2-4-19(28)5-3-16)24-11-10-22(15-31-24)33-21-8-6-20(29)7-9-21/h2-15H,1H3,(H,30,32). The van der Waals surface area contributed by atoms with Gasteiger partial charge in [-0.2, -0.15) is 0 Å². The third-order valence-corrected chi connectivity index (χ3v) is 5.23. The van der Waals surface area contributed by atoms with Crippen LogP contribution >= 0.6 is 0 Å². The average Bonchev–Trinajstić information content (AvgIpc) is 3.28. The first kappa shape index (κ1) is 22.1. The highest BCUT2D eigenvalue weighted by Crippen LogP contribution is 2.38. The number of halogens is 2. The summed E-state index contributed by atoms with van der Waals surface area (Å²) in [6.45, 7) is 0. The molecule has 0 aliphatic heterocycles. The highest BCUT2D eigenvalue weighted by molar-refractivity contribution is 5.97. The number of carbonyl (C=O) groups excluding carboxylic acids is 1. The zero-order chi connectivity index (χ0) is 24.4. The molecule has 8 heteroatoms. The molecular formula is C27H18F2N2O4. The van der Waals surface area contributed by atoms with Crippen LogP contribution in [-0.2, 0) is 0 Å². The molecule has 0 aliphatic rings. The molecule has 5 rings (SSSR count). The third-order valence-electron chi connectivity index (χ3n) is 5.23. The van der Waals surface area contributed by atoms with Gasteiger partial charge in [-0.15, -0.1) is 0 Å². The maximum atomic E-state index is 13.5. The Hall–Kier alpha value is -4.72. The molecule has 0 bridgehead atoms. The van der Waals surface area contributed by atoms with E-state index in [9.17, 15) is 13.6 Å². The molecule has 2 heterocycles. The number of benzene rings is 3. The molecule has 0 atom stereocenters. The van der Waals surface area contributed by atoms with Crippen LogP contribution in [0.15, 0.2) is 89.5 Å². The van der Waals surface area contributed by atoms with Crippen molar-refractivity contribution >= 4 is 17.1 Å². The van der Waals surface area contributed by atoms with E-state index in [1.54, 1.807) is 36.5 Å². The Balaban J connectivity index is 1.53. The number of hydrogen-bond donors (Lipinski definition) is 1. The summed E-state index contributed by atoms with van der Waals surface area (Å²) < 4.78 is 43.3. The zero-order valence-corrected chi connectivity index (χ0v) is 18.4. The van der Waals surface area contributed by atoms with Crippen LogP contribution in [0.3, 0.4) is 0 Å². The van der Waals surface area contributed by atoms with Crippen molar-refractivity contribution in [1.82, 2.24) is 10.3 Å². The van der Waals surface area contributed by atoms with E-state index in [-0.39, 0.29) is 17.6 Å². The second-order valence-corrected chi connectivity index (χ2v) is 7.59. The number of aromatic nitrogens is 1. The van der Waals surface area contributed by atoms with Gasteiger partial charge in [0.1, 0.15) is 28.7 Å². The van der Waals surface area contributed by atoms with E-state index in [1.165, 1.54) is 43.4 Å². The summed E-state index contributed by atoms with van der Waals surface area (Å²) in [5.74, 6) is 0.299. The van der Waals surface area contributed by atoms with E-state index in [0.29, 0.717) is 33.7 Å². The fourth-order valence-corrected chi connectivity index (χ4v) is 3.56. The lowest BCUT2D eigenvalue weighted by Crippen LogP contribution is -2.21. The van der Waals surface area contributed by atoms with Gasteiger partial charge in [0.15, 0.2) is 0 Å². The van der Waals surface area contributed by atoms with Gasteiger partial charge in [-0.05, 0) is 66.2 Å².